The normalized spacial score (nSPS) is 30.9. The van der Waals surface area contributed by atoms with Crippen LogP contribution in [0.5, 0.6) is 0 Å². The highest BCUT2D eigenvalue weighted by atomic mass is 16.2. The van der Waals surface area contributed by atoms with Crippen LogP contribution in [-0.2, 0) is 4.79 Å². The zero-order valence-electron chi connectivity index (χ0n) is 9.41. The summed E-state index contributed by atoms with van der Waals surface area (Å²) in [5, 5.41) is 2.92. The molecule has 1 aliphatic heterocycles. The van der Waals surface area contributed by atoms with Gasteiger partial charge in [0.2, 0.25) is 5.91 Å². The number of carbonyl (C=O) groups is 1. The van der Waals surface area contributed by atoms with Gasteiger partial charge in [-0.3, -0.25) is 9.69 Å². The minimum Gasteiger partial charge on any atom is -0.355 e. The van der Waals surface area contributed by atoms with E-state index in [9.17, 15) is 4.79 Å². The quantitative estimate of drug-likeness (QED) is 0.709. The molecule has 0 aromatic rings. The zero-order valence-corrected chi connectivity index (χ0v) is 9.41. The molecular weight excluding hydrogens is 188 g/mol. The second kappa shape index (κ2) is 4.79. The van der Waals surface area contributed by atoms with E-state index in [1.54, 1.807) is 0 Å². The molecule has 0 spiro atoms. The molecule has 0 saturated carbocycles. The highest BCUT2D eigenvalue weighted by Crippen LogP contribution is 2.21. The van der Waals surface area contributed by atoms with Crippen molar-refractivity contribution < 1.29 is 4.79 Å². The molecule has 1 N–H and O–H groups in total. The molecule has 1 saturated heterocycles. The first-order valence-electron chi connectivity index (χ1n) is 6.03. The Labute approximate surface area is 91.5 Å². The third-order valence-electron chi connectivity index (χ3n) is 3.44. The van der Waals surface area contributed by atoms with Gasteiger partial charge in [0, 0.05) is 12.6 Å². The van der Waals surface area contributed by atoms with Crippen molar-refractivity contribution >= 4 is 5.91 Å². The Morgan fingerprint density at radius 3 is 2.93 bits per heavy atom. The molecule has 0 bridgehead atoms. The lowest BCUT2D eigenvalue weighted by atomic mass is 9.99. The molecule has 0 aromatic heterocycles. The average Bonchev–Trinajstić information content (AvgIpc) is 2.68. The van der Waals surface area contributed by atoms with Gasteiger partial charge in [-0.05, 0) is 32.2 Å². The number of rotatable bonds is 3. The number of nitrogens with one attached hydrogen (secondary N) is 1. The molecule has 1 fully saturated rings. The lowest BCUT2D eigenvalue weighted by Crippen LogP contribution is -2.46. The Bertz CT molecular complexity index is 262. The molecule has 2 aliphatic rings. The predicted octanol–water partition coefficient (Wildman–Crippen LogP) is 1.31. The molecule has 0 unspecified atom stereocenters. The number of carbonyl (C=O) groups excluding carboxylic acids is 1. The van der Waals surface area contributed by atoms with E-state index in [2.05, 4.69) is 29.3 Å². The third-order valence-corrected chi connectivity index (χ3v) is 3.44. The van der Waals surface area contributed by atoms with Crippen molar-refractivity contribution in [2.75, 3.05) is 13.1 Å². The van der Waals surface area contributed by atoms with Crippen molar-refractivity contribution in [2.24, 2.45) is 0 Å². The monoisotopic (exact) mass is 208 g/mol. The number of nitrogens with zero attached hydrogens (tertiary/aromatic N) is 1. The molecule has 0 aromatic carbocycles. The van der Waals surface area contributed by atoms with Crippen LogP contribution in [0.2, 0.25) is 0 Å². The van der Waals surface area contributed by atoms with Gasteiger partial charge in [-0.25, -0.2) is 0 Å². The van der Waals surface area contributed by atoms with Crippen molar-refractivity contribution in [3.63, 3.8) is 0 Å². The van der Waals surface area contributed by atoms with Crippen molar-refractivity contribution in [2.45, 2.75) is 44.7 Å². The fourth-order valence-electron chi connectivity index (χ4n) is 2.65. The molecule has 2 atom stereocenters. The van der Waals surface area contributed by atoms with E-state index in [0.29, 0.717) is 6.04 Å². The van der Waals surface area contributed by atoms with Crippen LogP contribution >= 0.6 is 0 Å². The highest BCUT2D eigenvalue weighted by Gasteiger charge is 2.32. The molecule has 15 heavy (non-hydrogen) atoms. The maximum absolute atomic E-state index is 11.6. The van der Waals surface area contributed by atoms with Gasteiger partial charge in [0.15, 0.2) is 0 Å². The number of allylic oxidation sites excluding steroid dienone is 1. The zero-order chi connectivity index (χ0) is 10.7. The maximum Gasteiger partial charge on any atom is 0.237 e. The van der Waals surface area contributed by atoms with Gasteiger partial charge in [0.25, 0.3) is 0 Å². The van der Waals surface area contributed by atoms with Crippen LogP contribution in [0, 0.1) is 0 Å². The van der Waals surface area contributed by atoms with Crippen LogP contribution in [-0.4, -0.2) is 36.0 Å². The van der Waals surface area contributed by atoms with Crippen LogP contribution in [0.3, 0.4) is 0 Å². The Kier molecular flexibility index (Phi) is 3.41. The number of amides is 1. The topological polar surface area (TPSA) is 32.3 Å². The summed E-state index contributed by atoms with van der Waals surface area (Å²) in [4.78, 5) is 14.0. The van der Waals surface area contributed by atoms with Gasteiger partial charge in [-0.1, -0.05) is 19.1 Å². The molecule has 1 amide bonds. The minimum atomic E-state index is 0.114. The standard InChI is InChI=1S/C12H20N2O/c1-2-14(10-6-4-3-5-7-10)11-8-9-13-12(11)15/h4,6,10-11H,2-3,5,7-9H2,1H3,(H,13,15)/t10-,11-/m0/s1. The van der Waals surface area contributed by atoms with Crippen LogP contribution in [0.25, 0.3) is 0 Å². The van der Waals surface area contributed by atoms with Crippen molar-refractivity contribution in [3.05, 3.63) is 12.2 Å². The van der Waals surface area contributed by atoms with Crippen LogP contribution in [0.1, 0.15) is 32.6 Å². The summed E-state index contributed by atoms with van der Waals surface area (Å²) in [6.45, 7) is 3.96. The van der Waals surface area contributed by atoms with Crippen molar-refractivity contribution in [1.82, 2.24) is 10.2 Å². The van der Waals surface area contributed by atoms with Crippen LogP contribution in [0.4, 0.5) is 0 Å². The first-order valence-corrected chi connectivity index (χ1v) is 6.03. The molecule has 0 radical (unpaired) electrons. The summed E-state index contributed by atoms with van der Waals surface area (Å²) in [6, 6.07) is 0.598. The molecular formula is C12H20N2O. The molecule has 1 aliphatic carbocycles. The third kappa shape index (κ3) is 2.23. The van der Waals surface area contributed by atoms with Gasteiger partial charge < -0.3 is 5.32 Å². The second-order valence-corrected chi connectivity index (χ2v) is 4.35. The Morgan fingerprint density at radius 2 is 2.40 bits per heavy atom. The number of hydrogen-bond acceptors (Lipinski definition) is 2. The van der Waals surface area contributed by atoms with E-state index in [4.69, 9.17) is 0 Å². The fourth-order valence-corrected chi connectivity index (χ4v) is 2.65. The van der Waals surface area contributed by atoms with Crippen molar-refractivity contribution in [3.8, 4) is 0 Å². The number of likely N-dealkylation sites (N-methyl/N-ethyl adjacent to an activating group) is 1. The summed E-state index contributed by atoms with van der Waals surface area (Å²) in [5.74, 6) is 0.218. The van der Waals surface area contributed by atoms with Gasteiger partial charge in [-0.2, -0.15) is 0 Å². The van der Waals surface area contributed by atoms with Gasteiger partial charge >= 0.3 is 0 Å². The number of hydrogen-bond donors (Lipinski definition) is 1. The average molecular weight is 208 g/mol. The van der Waals surface area contributed by atoms with E-state index in [0.717, 1.165) is 19.5 Å². The van der Waals surface area contributed by atoms with Gasteiger partial charge in [0.1, 0.15) is 0 Å². The molecule has 3 heteroatoms. The van der Waals surface area contributed by atoms with Crippen LogP contribution < -0.4 is 5.32 Å². The smallest absolute Gasteiger partial charge is 0.237 e. The van der Waals surface area contributed by atoms with E-state index in [1.807, 2.05) is 0 Å². The first-order chi connectivity index (χ1) is 7.33. The second-order valence-electron chi connectivity index (χ2n) is 4.35. The fraction of sp³-hybridized carbons (Fsp3) is 0.750. The molecule has 1 heterocycles. The summed E-state index contributed by atoms with van der Waals surface area (Å²) in [6.07, 6.45) is 9.16. The molecule has 84 valence electrons. The summed E-state index contributed by atoms with van der Waals surface area (Å²) < 4.78 is 0. The predicted molar refractivity (Wildman–Crippen MR) is 60.6 cm³/mol. The van der Waals surface area contributed by atoms with Gasteiger partial charge in [-0.15, -0.1) is 0 Å². The summed E-state index contributed by atoms with van der Waals surface area (Å²) in [7, 11) is 0. The van der Waals surface area contributed by atoms with E-state index >= 15 is 0 Å². The largest absolute Gasteiger partial charge is 0.355 e. The maximum atomic E-state index is 11.6. The highest BCUT2D eigenvalue weighted by molar-refractivity contribution is 5.83. The van der Waals surface area contributed by atoms with Crippen molar-refractivity contribution in [1.29, 1.82) is 0 Å². The lowest BCUT2D eigenvalue weighted by molar-refractivity contribution is -0.124. The summed E-state index contributed by atoms with van der Waals surface area (Å²) in [5.41, 5.74) is 0. The van der Waals surface area contributed by atoms with E-state index in [-0.39, 0.29) is 11.9 Å². The summed E-state index contributed by atoms with van der Waals surface area (Å²) >= 11 is 0. The van der Waals surface area contributed by atoms with E-state index in [1.165, 1.54) is 19.3 Å². The molecule has 2 rings (SSSR count). The Balaban J connectivity index is 2.05. The SMILES string of the molecule is CCN([C@H]1C=CCCC1)[C@H]1CCNC1=O. The minimum absolute atomic E-state index is 0.114. The first kappa shape index (κ1) is 10.7. The molecule has 3 nitrogen and oxygen atoms in total. The van der Waals surface area contributed by atoms with Gasteiger partial charge in [0.05, 0.1) is 6.04 Å². The van der Waals surface area contributed by atoms with Crippen LogP contribution in [0.15, 0.2) is 12.2 Å². The Hall–Kier alpha value is -0.830. The Morgan fingerprint density at radius 1 is 1.53 bits per heavy atom. The van der Waals surface area contributed by atoms with E-state index < -0.39 is 0 Å². The lowest BCUT2D eigenvalue weighted by Gasteiger charge is -2.33.